The van der Waals surface area contributed by atoms with Gasteiger partial charge in [-0.25, -0.2) is 4.79 Å². The molecule has 33 heavy (non-hydrogen) atoms. The van der Waals surface area contributed by atoms with Gasteiger partial charge in [0, 0.05) is 0 Å². The van der Waals surface area contributed by atoms with Crippen LogP contribution in [0.15, 0.2) is 42.5 Å². The van der Waals surface area contributed by atoms with Crippen LogP contribution in [-0.4, -0.2) is 12.6 Å². The molecule has 0 atom stereocenters. The summed E-state index contributed by atoms with van der Waals surface area (Å²) in [6.07, 6.45) is 16.0. The van der Waals surface area contributed by atoms with Crippen LogP contribution in [0, 0.1) is 6.92 Å². The third-order valence-corrected chi connectivity index (χ3v) is 6.21. The van der Waals surface area contributed by atoms with Gasteiger partial charge in [0.25, 0.3) is 0 Å². The first-order valence-corrected chi connectivity index (χ1v) is 13.2. The first-order chi connectivity index (χ1) is 16.2. The summed E-state index contributed by atoms with van der Waals surface area (Å²) in [5.74, 6) is 0.927. The number of rotatable bonds is 17. The average Bonchev–Trinajstić information content (AvgIpc) is 2.82. The second kappa shape index (κ2) is 16.3. The molecule has 0 bridgehead atoms. The first kappa shape index (κ1) is 27.0. The number of para-hydroxylation sites is 1. The number of unbranched alkanes of at least 4 members (excludes halogenated alkanes) is 10. The molecular weight excluding hydrogens is 408 g/mol. The van der Waals surface area contributed by atoms with Crippen molar-refractivity contribution in [2.24, 2.45) is 0 Å². The number of esters is 1. The summed E-state index contributed by atoms with van der Waals surface area (Å²) in [6, 6.07) is 13.3. The number of carbonyl (C=O) groups excluding carboxylic acids is 1. The lowest BCUT2D eigenvalue weighted by atomic mass is 10.0. The number of benzene rings is 2. The Morgan fingerprint density at radius 3 is 2.00 bits per heavy atom. The van der Waals surface area contributed by atoms with Gasteiger partial charge in [-0.1, -0.05) is 102 Å². The normalized spacial score (nSPS) is 10.9. The lowest BCUT2D eigenvalue weighted by molar-refractivity contribution is 0.0728. The van der Waals surface area contributed by atoms with Crippen LogP contribution in [0.4, 0.5) is 0 Å². The van der Waals surface area contributed by atoms with E-state index < -0.39 is 0 Å². The van der Waals surface area contributed by atoms with E-state index in [1.165, 1.54) is 63.4 Å². The maximum Gasteiger partial charge on any atom is 0.347 e. The van der Waals surface area contributed by atoms with Crippen LogP contribution in [0.1, 0.15) is 112 Å². The molecule has 0 unspecified atom stereocenters. The molecule has 0 fully saturated rings. The van der Waals surface area contributed by atoms with E-state index in [9.17, 15) is 4.79 Å². The standard InChI is InChI=1S/C30H44O3/c1-4-6-8-9-10-11-12-13-14-17-24-32-28-22-16-15-21-27(28)30(31)33-29-23-18-19-25(3)26(29)20-7-5-2/h15-16,18-19,21-23H,4-14,17,20,24H2,1-3H3. The first-order valence-electron chi connectivity index (χ1n) is 13.2. The third-order valence-electron chi connectivity index (χ3n) is 6.21. The minimum atomic E-state index is -0.350. The highest BCUT2D eigenvalue weighted by Crippen LogP contribution is 2.27. The topological polar surface area (TPSA) is 35.5 Å². The molecule has 0 aliphatic heterocycles. The van der Waals surface area contributed by atoms with Crippen LogP contribution in [0.2, 0.25) is 0 Å². The average molecular weight is 453 g/mol. The quantitative estimate of drug-likeness (QED) is 0.137. The molecule has 0 heterocycles. The Labute approximate surface area is 201 Å². The van der Waals surface area contributed by atoms with Gasteiger partial charge in [0.15, 0.2) is 0 Å². The number of ether oxygens (including phenoxy) is 2. The summed E-state index contributed by atoms with van der Waals surface area (Å²) in [6.45, 7) is 7.14. The van der Waals surface area contributed by atoms with Gasteiger partial charge in [0.1, 0.15) is 17.1 Å². The Kier molecular flexibility index (Phi) is 13.4. The van der Waals surface area contributed by atoms with Gasteiger partial charge in [-0.2, -0.15) is 0 Å². The second-order valence-corrected chi connectivity index (χ2v) is 9.07. The monoisotopic (exact) mass is 452 g/mol. The summed E-state index contributed by atoms with van der Waals surface area (Å²) in [5.41, 5.74) is 2.78. The molecule has 2 aromatic rings. The summed E-state index contributed by atoms with van der Waals surface area (Å²) in [7, 11) is 0. The predicted molar refractivity (Wildman–Crippen MR) is 139 cm³/mol. The van der Waals surface area contributed by atoms with Crippen molar-refractivity contribution >= 4 is 5.97 Å². The van der Waals surface area contributed by atoms with E-state index in [0.717, 1.165) is 31.2 Å². The van der Waals surface area contributed by atoms with Crippen LogP contribution in [0.25, 0.3) is 0 Å². The van der Waals surface area contributed by atoms with Crippen molar-refractivity contribution in [3.05, 3.63) is 59.2 Å². The third kappa shape index (κ3) is 10.0. The molecule has 2 rings (SSSR count). The van der Waals surface area contributed by atoms with Crippen LogP contribution < -0.4 is 9.47 Å². The van der Waals surface area contributed by atoms with Gasteiger partial charge in [-0.3, -0.25) is 0 Å². The summed E-state index contributed by atoms with van der Waals surface area (Å²) >= 11 is 0. The summed E-state index contributed by atoms with van der Waals surface area (Å²) in [4.78, 5) is 13.0. The van der Waals surface area contributed by atoms with Gasteiger partial charge >= 0.3 is 5.97 Å². The van der Waals surface area contributed by atoms with Crippen molar-refractivity contribution in [1.29, 1.82) is 0 Å². The highest BCUT2D eigenvalue weighted by molar-refractivity contribution is 5.94. The molecule has 0 aliphatic rings. The van der Waals surface area contributed by atoms with Crippen molar-refractivity contribution in [2.75, 3.05) is 6.61 Å². The molecule has 0 radical (unpaired) electrons. The molecule has 0 N–H and O–H groups in total. The molecule has 0 aromatic heterocycles. The van der Waals surface area contributed by atoms with Gasteiger partial charge in [-0.15, -0.1) is 0 Å². The minimum Gasteiger partial charge on any atom is -0.493 e. The van der Waals surface area contributed by atoms with Crippen molar-refractivity contribution in [2.45, 2.75) is 104 Å². The Hall–Kier alpha value is -2.29. The van der Waals surface area contributed by atoms with Crippen molar-refractivity contribution in [3.8, 4) is 11.5 Å². The van der Waals surface area contributed by atoms with E-state index in [-0.39, 0.29) is 5.97 Å². The Balaban J connectivity index is 1.80. The van der Waals surface area contributed by atoms with Gasteiger partial charge in [0.2, 0.25) is 0 Å². The zero-order chi connectivity index (χ0) is 23.7. The van der Waals surface area contributed by atoms with E-state index in [0.29, 0.717) is 23.7 Å². The van der Waals surface area contributed by atoms with Gasteiger partial charge in [-0.05, 0) is 55.5 Å². The van der Waals surface area contributed by atoms with Crippen molar-refractivity contribution in [3.63, 3.8) is 0 Å². The SMILES string of the molecule is CCCCCCCCCCCCOc1ccccc1C(=O)Oc1cccc(C)c1CCCC. The van der Waals surface area contributed by atoms with Crippen molar-refractivity contribution < 1.29 is 14.3 Å². The molecular formula is C30H44O3. The van der Waals surface area contributed by atoms with Crippen LogP contribution in [0.3, 0.4) is 0 Å². The summed E-state index contributed by atoms with van der Waals surface area (Å²) < 4.78 is 11.8. The smallest absolute Gasteiger partial charge is 0.347 e. The number of hydrogen-bond donors (Lipinski definition) is 0. The van der Waals surface area contributed by atoms with Crippen LogP contribution in [-0.2, 0) is 6.42 Å². The van der Waals surface area contributed by atoms with E-state index in [1.807, 2.05) is 30.3 Å². The number of aryl methyl sites for hydroxylation is 1. The van der Waals surface area contributed by atoms with Gasteiger partial charge in [0.05, 0.1) is 6.61 Å². The molecule has 3 heteroatoms. The fourth-order valence-electron chi connectivity index (χ4n) is 4.13. The highest BCUT2D eigenvalue weighted by Gasteiger charge is 2.17. The molecule has 0 saturated heterocycles. The molecule has 0 amide bonds. The molecule has 0 saturated carbocycles. The molecule has 182 valence electrons. The van der Waals surface area contributed by atoms with E-state index in [2.05, 4.69) is 26.8 Å². The lowest BCUT2D eigenvalue weighted by Crippen LogP contribution is -2.12. The Bertz CT molecular complexity index is 812. The zero-order valence-corrected chi connectivity index (χ0v) is 21.2. The Morgan fingerprint density at radius 1 is 0.697 bits per heavy atom. The van der Waals surface area contributed by atoms with Crippen molar-refractivity contribution in [1.82, 2.24) is 0 Å². The van der Waals surface area contributed by atoms with Crippen LogP contribution >= 0.6 is 0 Å². The summed E-state index contributed by atoms with van der Waals surface area (Å²) in [5, 5.41) is 0. The zero-order valence-electron chi connectivity index (χ0n) is 21.2. The van der Waals surface area contributed by atoms with Gasteiger partial charge < -0.3 is 9.47 Å². The second-order valence-electron chi connectivity index (χ2n) is 9.07. The maximum atomic E-state index is 13.0. The lowest BCUT2D eigenvalue weighted by Gasteiger charge is -2.14. The van der Waals surface area contributed by atoms with E-state index in [1.54, 1.807) is 6.07 Å². The largest absolute Gasteiger partial charge is 0.493 e. The van der Waals surface area contributed by atoms with Crippen LogP contribution in [0.5, 0.6) is 11.5 Å². The fraction of sp³-hybridized carbons (Fsp3) is 0.567. The molecule has 0 aliphatic carbocycles. The fourth-order valence-corrected chi connectivity index (χ4v) is 4.13. The predicted octanol–water partition coefficient (Wildman–Crippen LogP) is 8.86. The number of hydrogen-bond acceptors (Lipinski definition) is 3. The van der Waals surface area contributed by atoms with E-state index in [4.69, 9.17) is 9.47 Å². The Morgan fingerprint density at radius 2 is 1.30 bits per heavy atom. The maximum absolute atomic E-state index is 13.0. The minimum absolute atomic E-state index is 0.350. The molecule has 2 aromatic carbocycles. The molecule has 0 spiro atoms. The number of carbonyl (C=O) groups is 1. The molecule has 3 nitrogen and oxygen atoms in total. The highest BCUT2D eigenvalue weighted by atomic mass is 16.5. The van der Waals surface area contributed by atoms with E-state index >= 15 is 0 Å².